The van der Waals surface area contributed by atoms with Crippen LogP contribution in [0.5, 0.6) is 5.75 Å². The normalized spacial score (nSPS) is 22.0. The highest BCUT2D eigenvalue weighted by molar-refractivity contribution is 5.39. The molecule has 0 radical (unpaired) electrons. The Balaban J connectivity index is 2.18. The van der Waals surface area contributed by atoms with Gasteiger partial charge in [0, 0.05) is 24.7 Å². The van der Waals surface area contributed by atoms with E-state index in [1.165, 1.54) is 0 Å². The zero-order valence-corrected chi connectivity index (χ0v) is 12.8. The van der Waals surface area contributed by atoms with Gasteiger partial charge in [0.15, 0.2) is 0 Å². The highest BCUT2D eigenvalue weighted by Crippen LogP contribution is 2.31. The third-order valence-electron chi connectivity index (χ3n) is 3.91. The number of nitrogens with zero attached hydrogens (tertiary/aromatic N) is 1. The Bertz CT molecular complexity index is 447. The fourth-order valence-corrected chi connectivity index (χ4v) is 2.64. The van der Waals surface area contributed by atoms with Crippen molar-refractivity contribution in [2.45, 2.75) is 39.0 Å². The highest BCUT2D eigenvalue weighted by atomic mass is 16.5. The molecule has 1 N–H and O–H groups in total. The molecule has 0 spiro atoms. The molecule has 0 aromatic heterocycles. The predicted octanol–water partition coefficient (Wildman–Crippen LogP) is 2.15. The molecule has 112 valence electrons. The topological polar surface area (TPSA) is 41.9 Å². The molecule has 1 aliphatic heterocycles. The van der Waals surface area contributed by atoms with Gasteiger partial charge < -0.3 is 14.6 Å². The number of morpholine rings is 1. The van der Waals surface area contributed by atoms with E-state index < -0.39 is 6.10 Å². The van der Waals surface area contributed by atoms with Gasteiger partial charge in [-0.25, -0.2) is 0 Å². The molecule has 4 nitrogen and oxygen atoms in total. The van der Waals surface area contributed by atoms with Crippen LogP contribution in [0.15, 0.2) is 18.2 Å². The van der Waals surface area contributed by atoms with Crippen molar-refractivity contribution in [1.29, 1.82) is 0 Å². The van der Waals surface area contributed by atoms with Gasteiger partial charge >= 0.3 is 0 Å². The van der Waals surface area contributed by atoms with Crippen LogP contribution >= 0.6 is 0 Å². The Kier molecular flexibility index (Phi) is 5.02. The number of methoxy groups -OCH3 is 1. The van der Waals surface area contributed by atoms with Crippen molar-refractivity contribution < 1.29 is 14.6 Å². The summed E-state index contributed by atoms with van der Waals surface area (Å²) >= 11 is 0. The van der Waals surface area contributed by atoms with Crippen LogP contribution in [0, 0.1) is 6.92 Å². The molecule has 1 saturated heterocycles. The lowest BCUT2D eigenvalue weighted by Gasteiger charge is -2.37. The van der Waals surface area contributed by atoms with Gasteiger partial charge in [-0.15, -0.1) is 0 Å². The number of rotatable bonds is 4. The lowest BCUT2D eigenvalue weighted by atomic mass is 9.99. The fourth-order valence-electron chi connectivity index (χ4n) is 2.64. The first-order chi connectivity index (χ1) is 9.52. The zero-order valence-electron chi connectivity index (χ0n) is 12.8. The predicted molar refractivity (Wildman–Crippen MR) is 79.1 cm³/mol. The molecule has 2 unspecified atom stereocenters. The standard InChI is InChI=1S/C16H25NO3/c1-11(2)17-7-8-20-15(10-17)16(18)13-9-12(3)5-6-14(13)19-4/h5-6,9,11,15-16,18H,7-8,10H2,1-4H3. The summed E-state index contributed by atoms with van der Waals surface area (Å²) in [7, 11) is 1.63. The molecule has 0 bridgehead atoms. The van der Waals surface area contributed by atoms with Crippen molar-refractivity contribution in [3.63, 3.8) is 0 Å². The summed E-state index contributed by atoms with van der Waals surface area (Å²) in [6.45, 7) is 8.68. The SMILES string of the molecule is COc1ccc(C)cc1C(O)C1CN(C(C)C)CCO1. The van der Waals surface area contributed by atoms with Crippen molar-refractivity contribution in [1.82, 2.24) is 4.90 Å². The molecule has 1 aromatic carbocycles. The average molecular weight is 279 g/mol. The van der Waals surface area contributed by atoms with Crippen LogP contribution in [-0.2, 0) is 4.74 Å². The second kappa shape index (κ2) is 6.57. The molecule has 0 amide bonds. The van der Waals surface area contributed by atoms with Crippen LogP contribution in [-0.4, -0.2) is 49.0 Å². The minimum Gasteiger partial charge on any atom is -0.496 e. The second-order valence-electron chi connectivity index (χ2n) is 5.69. The Labute approximate surface area is 121 Å². The number of aliphatic hydroxyl groups excluding tert-OH is 1. The lowest BCUT2D eigenvalue weighted by Crippen LogP contribution is -2.47. The van der Waals surface area contributed by atoms with E-state index in [4.69, 9.17) is 9.47 Å². The molecule has 0 aliphatic carbocycles. The summed E-state index contributed by atoms with van der Waals surface area (Å²) in [5.74, 6) is 0.716. The van der Waals surface area contributed by atoms with Crippen LogP contribution in [0.1, 0.15) is 31.1 Å². The third kappa shape index (κ3) is 3.32. The first-order valence-electron chi connectivity index (χ1n) is 7.21. The molecular formula is C16H25NO3. The number of aliphatic hydroxyl groups is 1. The summed E-state index contributed by atoms with van der Waals surface area (Å²) in [5, 5.41) is 10.6. The Morgan fingerprint density at radius 1 is 1.40 bits per heavy atom. The summed E-state index contributed by atoms with van der Waals surface area (Å²) in [6.07, 6.45) is -0.867. The van der Waals surface area contributed by atoms with E-state index in [-0.39, 0.29) is 6.10 Å². The molecule has 2 rings (SSSR count). The number of hydrogen-bond donors (Lipinski definition) is 1. The number of ether oxygens (including phenoxy) is 2. The highest BCUT2D eigenvalue weighted by Gasteiger charge is 2.30. The molecule has 4 heteroatoms. The maximum Gasteiger partial charge on any atom is 0.124 e. The van der Waals surface area contributed by atoms with Gasteiger partial charge in [-0.2, -0.15) is 0 Å². The molecular weight excluding hydrogens is 254 g/mol. The fraction of sp³-hybridized carbons (Fsp3) is 0.625. The van der Waals surface area contributed by atoms with Gasteiger partial charge in [0.25, 0.3) is 0 Å². The first kappa shape index (κ1) is 15.3. The third-order valence-corrected chi connectivity index (χ3v) is 3.91. The molecule has 1 fully saturated rings. The molecule has 20 heavy (non-hydrogen) atoms. The van der Waals surface area contributed by atoms with E-state index in [9.17, 15) is 5.11 Å². The van der Waals surface area contributed by atoms with Gasteiger partial charge in [-0.05, 0) is 32.9 Å². The van der Waals surface area contributed by atoms with E-state index in [1.54, 1.807) is 7.11 Å². The van der Waals surface area contributed by atoms with Crippen LogP contribution in [0.2, 0.25) is 0 Å². The Morgan fingerprint density at radius 3 is 2.80 bits per heavy atom. The van der Waals surface area contributed by atoms with Gasteiger partial charge in [0.1, 0.15) is 18.0 Å². The number of hydrogen-bond acceptors (Lipinski definition) is 4. The molecule has 0 saturated carbocycles. The smallest absolute Gasteiger partial charge is 0.124 e. The molecule has 1 aromatic rings. The lowest BCUT2D eigenvalue weighted by molar-refractivity contribution is -0.0965. The van der Waals surface area contributed by atoms with Crippen molar-refractivity contribution >= 4 is 0 Å². The van der Waals surface area contributed by atoms with Crippen LogP contribution in [0.4, 0.5) is 0 Å². The van der Waals surface area contributed by atoms with Gasteiger partial charge in [-0.3, -0.25) is 4.90 Å². The van der Waals surface area contributed by atoms with Crippen LogP contribution in [0.25, 0.3) is 0 Å². The largest absolute Gasteiger partial charge is 0.496 e. The van der Waals surface area contributed by atoms with Crippen molar-refractivity contribution in [3.05, 3.63) is 29.3 Å². The summed E-state index contributed by atoms with van der Waals surface area (Å²) in [6, 6.07) is 6.32. The zero-order chi connectivity index (χ0) is 14.7. The molecule has 2 atom stereocenters. The van der Waals surface area contributed by atoms with Crippen molar-refractivity contribution in [2.75, 3.05) is 26.8 Å². The van der Waals surface area contributed by atoms with Gasteiger partial charge in [0.05, 0.1) is 13.7 Å². The quantitative estimate of drug-likeness (QED) is 0.917. The Hall–Kier alpha value is -1.10. The monoisotopic (exact) mass is 279 g/mol. The van der Waals surface area contributed by atoms with E-state index in [0.717, 1.165) is 24.2 Å². The summed E-state index contributed by atoms with van der Waals surface area (Å²) in [4.78, 5) is 2.33. The van der Waals surface area contributed by atoms with Crippen molar-refractivity contribution in [3.8, 4) is 5.75 Å². The first-order valence-corrected chi connectivity index (χ1v) is 7.21. The summed E-state index contributed by atoms with van der Waals surface area (Å²) in [5.41, 5.74) is 1.92. The number of benzene rings is 1. The Morgan fingerprint density at radius 2 is 2.15 bits per heavy atom. The average Bonchev–Trinajstić information content (AvgIpc) is 2.46. The minimum atomic E-state index is -0.661. The van der Waals surface area contributed by atoms with E-state index >= 15 is 0 Å². The summed E-state index contributed by atoms with van der Waals surface area (Å²) < 4.78 is 11.1. The van der Waals surface area contributed by atoms with Gasteiger partial charge in [-0.1, -0.05) is 11.6 Å². The van der Waals surface area contributed by atoms with Crippen LogP contribution in [0.3, 0.4) is 0 Å². The maximum absolute atomic E-state index is 10.6. The van der Waals surface area contributed by atoms with E-state index in [2.05, 4.69) is 18.7 Å². The number of aryl methyl sites for hydroxylation is 1. The van der Waals surface area contributed by atoms with E-state index in [1.807, 2.05) is 25.1 Å². The van der Waals surface area contributed by atoms with E-state index in [0.29, 0.717) is 18.4 Å². The molecule has 1 heterocycles. The second-order valence-corrected chi connectivity index (χ2v) is 5.69. The minimum absolute atomic E-state index is 0.207. The van der Waals surface area contributed by atoms with Gasteiger partial charge in [0.2, 0.25) is 0 Å². The maximum atomic E-state index is 10.6. The van der Waals surface area contributed by atoms with Crippen molar-refractivity contribution in [2.24, 2.45) is 0 Å². The van der Waals surface area contributed by atoms with Crippen LogP contribution < -0.4 is 4.74 Å². The molecule has 1 aliphatic rings.